The Bertz CT molecular complexity index is 2410. The number of benzene rings is 8. The second-order valence-corrected chi connectivity index (χ2v) is 13.6. The van der Waals surface area contributed by atoms with Crippen LogP contribution >= 0.6 is 0 Å². The number of nitrogens with zero attached hydrogens (tertiary/aromatic N) is 2. The van der Waals surface area contributed by atoms with Gasteiger partial charge in [0.1, 0.15) is 0 Å². The van der Waals surface area contributed by atoms with Crippen LogP contribution in [0.25, 0.3) is 34.4 Å². The Morgan fingerprint density at radius 1 is 0.296 bits per heavy atom. The molecule has 0 saturated carbocycles. The minimum absolute atomic E-state index is 1.13. The molecule has 0 heterocycles. The summed E-state index contributed by atoms with van der Waals surface area (Å²) in [5.74, 6) is 0. The molecule has 8 aromatic carbocycles. The van der Waals surface area contributed by atoms with E-state index >= 15 is 0 Å². The third-order valence-electron chi connectivity index (χ3n) is 9.88. The maximum absolute atomic E-state index is 2.33. The van der Waals surface area contributed by atoms with Crippen molar-refractivity contribution in [3.8, 4) is 22.3 Å². The Labute approximate surface area is 319 Å². The van der Waals surface area contributed by atoms with Crippen LogP contribution in [-0.4, -0.2) is 0 Å². The third kappa shape index (κ3) is 7.65. The van der Waals surface area contributed by atoms with Crippen LogP contribution < -0.4 is 9.80 Å². The average molecular weight is 695 g/mol. The largest absolute Gasteiger partial charge is 0.311 e. The molecule has 0 saturated heterocycles. The second-order valence-electron chi connectivity index (χ2n) is 13.6. The van der Waals surface area contributed by atoms with Crippen LogP contribution in [0.3, 0.4) is 0 Å². The van der Waals surface area contributed by atoms with E-state index in [4.69, 9.17) is 0 Å². The van der Waals surface area contributed by atoms with E-state index in [0.29, 0.717) is 0 Å². The molecule has 2 heteroatoms. The molecule has 0 aliphatic heterocycles. The van der Waals surface area contributed by atoms with Gasteiger partial charge in [-0.15, -0.1) is 0 Å². The fraction of sp³-hybridized carbons (Fsp3) is 0.0385. The Morgan fingerprint density at radius 2 is 0.630 bits per heavy atom. The van der Waals surface area contributed by atoms with Gasteiger partial charge in [0.05, 0.1) is 0 Å². The summed E-state index contributed by atoms with van der Waals surface area (Å²) in [4.78, 5) is 4.62. The zero-order valence-electron chi connectivity index (χ0n) is 30.7. The number of anilines is 6. The normalized spacial score (nSPS) is 11.1. The number of hydrogen-bond acceptors (Lipinski definition) is 2. The lowest BCUT2D eigenvalue weighted by Gasteiger charge is -2.27. The summed E-state index contributed by atoms with van der Waals surface area (Å²) < 4.78 is 0. The van der Waals surface area contributed by atoms with Crippen molar-refractivity contribution in [1.29, 1.82) is 0 Å². The number of hydrogen-bond donors (Lipinski definition) is 0. The Balaban J connectivity index is 0.945. The van der Waals surface area contributed by atoms with Crippen molar-refractivity contribution >= 4 is 46.3 Å². The lowest BCUT2D eigenvalue weighted by atomic mass is 10.0. The van der Waals surface area contributed by atoms with E-state index in [1.807, 2.05) is 0 Å². The summed E-state index contributed by atoms with van der Waals surface area (Å²) >= 11 is 0. The molecule has 8 rings (SSSR count). The van der Waals surface area contributed by atoms with Gasteiger partial charge >= 0.3 is 0 Å². The van der Waals surface area contributed by atoms with Crippen LogP contribution in [0.15, 0.2) is 206 Å². The molecule has 0 unspecified atom stereocenters. The molecule has 0 bridgehead atoms. The smallest absolute Gasteiger partial charge is 0.0490 e. The summed E-state index contributed by atoms with van der Waals surface area (Å²) in [6.07, 6.45) is 4.36. The van der Waals surface area contributed by atoms with Crippen molar-refractivity contribution in [2.45, 2.75) is 13.8 Å². The van der Waals surface area contributed by atoms with Crippen molar-refractivity contribution in [1.82, 2.24) is 0 Å². The molecule has 8 aromatic rings. The quantitative estimate of drug-likeness (QED) is 0.132. The molecule has 0 aliphatic carbocycles. The van der Waals surface area contributed by atoms with E-state index in [9.17, 15) is 0 Å². The molecule has 260 valence electrons. The molecular formula is C52H42N2. The Kier molecular flexibility index (Phi) is 9.99. The van der Waals surface area contributed by atoms with Gasteiger partial charge in [0, 0.05) is 34.1 Å². The second kappa shape index (κ2) is 15.8. The molecule has 0 aliphatic rings. The van der Waals surface area contributed by atoms with Crippen LogP contribution in [0.2, 0.25) is 0 Å². The minimum Gasteiger partial charge on any atom is -0.311 e. The summed E-state index contributed by atoms with van der Waals surface area (Å²) in [5.41, 5.74) is 16.5. The number of rotatable bonds is 10. The van der Waals surface area contributed by atoms with E-state index in [1.54, 1.807) is 0 Å². The van der Waals surface area contributed by atoms with E-state index in [1.165, 1.54) is 50.2 Å². The molecule has 0 atom stereocenters. The molecule has 0 radical (unpaired) electrons. The van der Waals surface area contributed by atoms with Crippen LogP contribution in [0.5, 0.6) is 0 Å². The maximum atomic E-state index is 2.33. The molecular weight excluding hydrogens is 653 g/mol. The van der Waals surface area contributed by atoms with Crippen LogP contribution in [-0.2, 0) is 0 Å². The molecule has 0 spiro atoms. The summed E-state index contributed by atoms with van der Waals surface area (Å²) in [7, 11) is 0. The predicted octanol–water partition coefficient (Wildman–Crippen LogP) is 14.7. The lowest BCUT2D eigenvalue weighted by Crippen LogP contribution is -2.11. The fourth-order valence-corrected chi connectivity index (χ4v) is 6.91. The maximum Gasteiger partial charge on any atom is 0.0490 e. The standard InChI is InChI=1S/C52H42N2/c1-39-17-33-50(34-18-39)54(52-16-10-9-11-40(52)2)51-37-31-46(32-38-51)44-27-23-42(24-28-44)20-19-41-21-25-43(26-22-41)45-29-35-49(36-30-45)53(47-12-5-3-6-13-47)48-14-7-4-8-15-48/h3-38H,1-2H3/b20-19+. The van der Waals surface area contributed by atoms with Gasteiger partial charge in [0.15, 0.2) is 0 Å². The SMILES string of the molecule is Cc1ccc(N(c2ccc(-c3ccc(/C=C/c4ccc(-c5ccc(N(c6ccccc6)c6ccccc6)cc5)cc4)cc3)cc2)c2ccccc2C)cc1. The van der Waals surface area contributed by atoms with E-state index in [-0.39, 0.29) is 0 Å². The third-order valence-corrected chi connectivity index (χ3v) is 9.88. The van der Waals surface area contributed by atoms with E-state index in [2.05, 4.69) is 242 Å². The highest BCUT2D eigenvalue weighted by Crippen LogP contribution is 2.38. The molecule has 0 amide bonds. The first-order chi connectivity index (χ1) is 26.6. The zero-order valence-corrected chi connectivity index (χ0v) is 30.7. The van der Waals surface area contributed by atoms with Crippen molar-refractivity contribution in [2.75, 3.05) is 9.80 Å². The van der Waals surface area contributed by atoms with Crippen molar-refractivity contribution in [3.05, 3.63) is 229 Å². The Morgan fingerprint density at radius 3 is 1.06 bits per heavy atom. The molecule has 0 aromatic heterocycles. The van der Waals surface area contributed by atoms with Gasteiger partial charge in [-0.2, -0.15) is 0 Å². The fourth-order valence-electron chi connectivity index (χ4n) is 6.91. The van der Waals surface area contributed by atoms with Gasteiger partial charge in [-0.3, -0.25) is 0 Å². The highest BCUT2D eigenvalue weighted by Gasteiger charge is 2.15. The Hall–Kier alpha value is -6.90. The highest BCUT2D eigenvalue weighted by molar-refractivity contribution is 5.81. The van der Waals surface area contributed by atoms with Crippen LogP contribution in [0.4, 0.5) is 34.1 Å². The van der Waals surface area contributed by atoms with Crippen molar-refractivity contribution < 1.29 is 0 Å². The molecule has 0 fully saturated rings. The van der Waals surface area contributed by atoms with Crippen molar-refractivity contribution in [3.63, 3.8) is 0 Å². The van der Waals surface area contributed by atoms with Gasteiger partial charge in [-0.1, -0.05) is 157 Å². The zero-order chi connectivity index (χ0) is 36.7. The average Bonchev–Trinajstić information content (AvgIpc) is 3.23. The molecule has 54 heavy (non-hydrogen) atoms. The van der Waals surface area contributed by atoms with Gasteiger partial charge in [-0.05, 0) is 120 Å². The first-order valence-corrected chi connectivity index (χ1v) is 18.5. The summed E-state index contributed by atoms with van der Waals surface area (Å²) in [5, 5.41) is 0. The number of para-hydroxylation sites is 3. The van der Waals surface area contributed by atoms with Crippen LogP contribution in [0.1, 0.15) is 22.3 Å². The lowest BCUT2D eigenvalue weighted by molar-refractivity contribution is 1.24. The van der Waals surface area contributed by atoms with E-state index < -0.39 is 0 Å². The first-order valence-electron chi connectivity index (χ1n) is 18.5. The highest BCUT2D eigenvalue weighted by atomic mass is 15.1. The number of aryl methyl sites for hydroxylation is 2. The van der Waals surface area contributed by atoms with Gasteiger partial charge in [0.25, 0.3) is 0 Å². The summed E-state index contributed by atoms with van der Waals surface area (Å²) in [6.45, 7) is 4.30. The van der Waals surface area contributed by atoms with Crippen molar-refractivity contribution in [2.24, 2.45) is 0 Å². The summed E-state index contributed by atoms with van der Waals surface area (Å²) in [6, 6.07) is 73.6. The monoisotopic (exact) mass is 694 g/mol. The predicted molar refractivity (Wildman–Crippen MR) is 232 cm³/mol. The molecule has 2 nitrogen and oxygen atoms in total. The minimum atomic E-state index is 1.13. The topological polar surface area (TPSA) is 6.48 Å². The van der Waals surface area contributed by atoms with E-state index in [0.717, 1.165) is 28.4 Å². The molecule has 0 N–H and O–H groups in total. The van der Waals surface area contributed by atoms with Gasteiger partial charge in [-0.25, -0.2) is 0 Å². The van der Waals surface area contributed by atoms with Gasteiger partial charge < -0.3 is 9.80 Å². The van der Waals surface area contributed by atoms with Gasteiger partial charge in [0.2, 0.25) is 0 Å². The first kappa shape index (κ1) is 34.2. The van der Waals surface area contributed by atoms with Crippen LogP contribution in [0, 0.1) is 13.8 Å².